The van der Waals surface area contributed by atoms with Gasteiger partial charge in [-0.3, -0.25) is 0 Å². The molecule has 0 heterocycles. The summed E-state index contributed by atoms with van der Waals surface area (Å²) in [7, 11) is 1.62. The molecular weight excluding hydrogens is 256 g/mol. The molecular formula is C15H13N2O3. The number of carbonyl (C=O) groups excluding carboxylic acids is 1. The summed E-state index contributed by atoms with van der Waals surface area (Å²) >= 11 is 0. The van der Waals surface area contributed by atoms with Crippen molar-refractivity contribution in [2.75, 3.05) is 7.11 Å². The minimum absolute atomic E-state index is 0.208. The van der Waals surface area contributed by atoms with Crippen LogP contribution in [-0.2, 0) is 16.1 Å². The average Bonchev–Trinajstić information content (AvgIpc) is 2.52. The van der Waals surface area contributed by atoms with E-state index >= 15 is 0 Å². The third-order valence-electron chi connectivity index (χ3n) is 2.59. The zero-order valence-corrected chi connectivity index (χ0v) is 10.9. The maximum Gasteiger partial charge on any atom is 0.417 e. The van der Waals surface area contributed by atoms with Crippen LogP contribution in [0.2, 0.25) is 0 Å². The number of hydrogen-bond donors (Lipinski definition) is 0. The molecule has 0 saturated heterocycles. The molecule has 1 radical (unpaired) electrons. The van der Waals surface area contributed by atoms with E-state index in [9.17, 15) is 4.79 Å². The summed E-state index contributed by atoms with van der Waals surface area (Å²) in [4.78, 5) is 9.96. The van der Waals surface area contributed by atoms with Crippen molar-refractivity contribution in [2.45, 2.75) is 6.61 Å². The normalized spacial score (nSPS) is 10.4. The number of ether oxygens (including phenoxy) is 2. The van der Waals surface area contributed by atoms with Crippen LogP contribution >= 0.6 is 0 Å². The maximum absolute atomic E-state index is 9.96. The molecule has 5 heteroatoms. The summed E-state index contributed by atoms with van der Waals surface area (Å²) in [6.45, 7) is 1.59. The van der Waals surface area contributed by atoms with Gasteiger partial charge in [0.15, 0.2) is 0 Å². The molecule has 0 unspecified atom stereocenters. The molecule has 20 heavy (non-hydrogen) atoms. The molecule has 0 N–H and O–H groups in total. The highest BCUT2D eigenvalue weighted by Crippen LogP contribution is 2.21. The highest BCUT2D eigenvalue weighted by molar-refractivity contribution is 5.43. The minimum Gasteiger partial charge on any atom is -0.497 e. The van der Waals surface area contributed by atoms with Crippen molar-refractivity contribution in [2.24, 2.45) is 10.2 Å². The van der Waals surface area contributed by atoms with Gasteiger partial charge >= 0.3 is 6.47 Å². The van der Waals surface area contributed by atoms with Gasteiger partial charge in [0.2, 0.25) is 0 Å². The third-order valence-corrected chi connectivity index (χ3v) is 2.59. The van der Waals surface area contributed by atoms with Crippen LogP contribution in [0.3, 0.4) is 0 Å². The van der Waals surface area contributed by atoms with Gasteiger partial charge in [-0.15, -0.1) is 0 Å². The zero-order chi connectivity index (χ0) is 14.2. The lowest BCUT2D eigenvalue weighted by Crippen LogP contribution is -1.88. The van der Waals surface area contributed by atoms with Crippen molar-refractivity contribution < 1.29 is 14.3 Å². The molecule has 0 spiro atoms. The summed E-state index contributed by atoms with van der Waals surface area (Å²) in [5.74, 6) is 0.778. The van der Waals surface area contributed by atoms with Gasteiger partial charge in [0.05, 0.1) is 18.5 Å². The molecule has 5 nitrogen and oxygen atoms in total. The molecule has 0 aliphatic heterocycles. The van der Waals surface area contributed by atoms with E-state index in [4.69, 9.17) is 4.74 Å². The molecule has 0 amide bonds. The first-order valence-electron chi connectivity index (χ1n) is 5.95. The van der Waals surface area contributed by atoms with Crippen molar-refractivity contribution in [1.29, 1.82) is 0 Å². The van der Waals surface area contributed by atoms with Crippen molar-refractivity contribution in [1.82, 2.24) is 0 Å². The predicted octanol–water partition coefficient (Wildman–Crippen LogP) is 3.69. The Morgan fingerprint density at radius 1 is 0.950 bits per heavy atom. The fraction of sp³-hybridized carbons (Fsp3) is 0.133. The molecule has 0 aliphatic rings. The first-order chi connectivity index (χ1) is 9.81. The fourth-order valence-electron chi connectivity index (χ4n) is 1.54. The van der Waals surface area contributed by atoms with Gasteiger partial charge in [0, 0.05) is 0 Å². The average molecular weight is 269 g/mol. The molecule has 2 rings (SSSR count). The molecule has 0 bridgehead atoms. The first kappa shape index (κ1) is 13.7. The van der Waals surface area contributed by atoms with E-state index in [1.54, 1.807) is 19.2 Å². The van der Waals surface area contributed by atoms with Crippen molar-refractivity contribution in [3.8, 4) is 5.75 Å². The molecule has 0 aliphatic carbocycles. The number of hydrogen-bond acceptors (Lipinski definition) is 5. The zero-order valence-electron chi connectivity index (χ0n) is 10.9. The molecule has 0 atom stereocenters. The van der Waals surface area contributed by atoms with Gasteiger partial charge in [-0.2, -0.15) is 10.2 Å². The maximum atomic E-state index is 9.96. The van der Waals surface area contributed by atoms with E-state index in [2.05, 4.69) is 15.0 Å². The number of methoxy groups -OCH3 is 1. The van der Waals surface area contributed by atoms with E-state index in [0.29, 0.717) is 0 Å². The molecule has 101 valence electrons. The Morgan fingerprint density at radius 2 is 1.50 bits per heavy atom. The second-order valence-electron chi connectivity index (χ2n) is 3.94. The lowest BCUT2D eigenvalue weighted by molar-refractivity contribution is 0.267. The van der Waals surface area contributed by atoms with E-state index in [-0.39, 0.29) is 6.61 Å². The van der Waals surface area contributed by atoms with Gasteiger partial charge in [-0.1, -0.05) is 12.1 Å². The Labute approximate surface area is 116 Å². The Morgan fingerprint density at radius 3 is 2.00 bits per heavy atom. The molecule has 0 saturated carbocycles. The smallest absolute Gasteiger partial charge is 0.417 e. The molecule has 2 aromatic rings. The monoisotopic (exact) mass is 269 g/mol. The van der Waals surface area contributed by atoms with Gasteiger partial charge in [0.25, 0.3) is 0 Å². The fourth-order valence-corrected chi connectivity index (χ4v) is 1.54. The van der Waals surface area contributed by atoms with Crippen LogP contribution in [0.15, 0.2) is 58.8 Å². The van der Waals surface area contributed by atoms with E-state index < -0.39 is 0 Å². The van der Waals surface area contributed by atoms with Crippen LogP contribution in [0, 0.1) is 0 Å². The van der Waals surface area contributed by atoms with E-state index in [1.807, 2.05) is 36.4 Å². The van der Waals surface area contributed by atoms with Gasteiger partial charge in [0.1, 0.15) is 12.4 Å². The summed E-state index contributed by atoms with van der Waals surface area (Å²) in [5.41, 5.74) is 2.34. The van der Waals surface area contributed by atoms with Crippen molar-refractivity contribution >= 4 is 17.8 Å². The topological polar surface area (TPSA) is 60.3 Å². The second-order valence-corrected chi connectivity index (χ2v) is 3.94. The Hall–Kier alpha value is -2.69. The number of nitrogens with zero attached hydrogens (tertiary/aromatic N) is 2. The molecule has 0 aromatic heterocycles. The highest BCUT2D eigenvalue weighted by Gasteiger charge is 1.95. The largest absolute Gasteiger partial charge is 0.497 e. The summed E-state index contributed by atoms with van der Waals surface area (Å²) in [6.07, 6.45) is 0. The minimum atomic E-state index is 0.208. The summed E-state index contributed by atoms with van der Waals surface area (Å²) in [5, 5.41) is 8.24. The standard InChI is InChI=1S/C15H13N2O3/c1-19-15-8-6-14(7-9-15)17-16-13-4-2-12(3-5-13)10-20-11-18/h2-9H,10H2,1H3. The highest BCUT2D eigenvalue weighted by atomic mass is 16.5. The lowest BCUT2D eigenvalue weighted by atomic mass is 10.2. The van der Waals surface area contributed by atoms with Crippen LogP contribution in [0.25, 0.3) is 0 Å². The third kappa shape index (κ3) is 3.91. The van der Waals surface area contributed by atoms with Crippen molar-refractivity contribution in [3.63, 3.8) is 0 Å². The Kier molecular flexibility index (Phi) is 4.83. The van der Waals surface area contributed by atoms with Crippen LogP contribution in [-0.4, -0.2) is 13.6 Å². The van der Waals surface area contributed by atoms with E-state index in [0.717, 1.165) is 22.7 Å². The van der Waals surface area contributed by atoms with Crippen LogP contribution in [0.5, 0.6) is 5.75 Å². The molecule has 2 aromatic carbocycles. The summed E-state index contributed by atoms with van der Waals surface area (Å²) in [6, 6.07) is 14.5. The predicted molar refractivity (Wildman–Crippen MR) is 74.1 cm³/mol. The van der Waals surface area contributed by atoms with E-state index in [1.165, 1.54) is 6.47 Å². The quantitative estimate of drug-likeness (QED) is 0.751. The number of azo groups is 1. The lowest BCUT2D eigenvalue weighted by Gasteiger charge is -1.99. The van der Waals surface area contributed by atoms with Gasteiger partial charge in [-0.05, 0) is 42.0 Å². The van der Waals surface area contributed by atoms with Crippen LogP contribution < -0.4 is 4.74 Å². The van der Waals surface area contributed by atoms with Gasteiger partial charge < -0.3 is 9.47 Å². The summed E-state index contributed by atoms with van der Waals surface area (Å²) < 4.78 is 9.60. The SMILES string of the molecule is COc1ccc(N=Nc2ccc(CO[C]=O)cc2)cc1. The van der Waals surface area contributed by atoms with Crippen LogP contribution in [0.1, 0.15) is 5.56 Å². The van der Waals surface area contributed by atoms with Gasteiger partial charge in [-0.25, -0.2) is 4.79 Å². The first-order valence-corrected chi connectivity index (χ1v) is 5.95. The number of rotatable bonds is 6. The molecule has 0 fully saturated rings. The van der Waals surface area contributed by atoms with Crippen LogP contribution in [0.4, 0.5) is 11.4 Å². The second kappa shape index (κ2) is 7.04. The number of benzene rings is 2. The Bertz CT molecular complexity index is 577. The van der Waals surface area contributed by atoms with Crippen molar-refractivity contribution in [3.05, 3.63) is 54.1 Å². The Balaban J connectivity index is 2.01.